The molecule has 3 rings (SSSR count). The van der Waals surface area contributed by atoms with Crippen LogP contribution in [0.5, 0.6) is 11.5 Å². The summed E-state index contributed by atoms with van der Waals surface area (Å²) in [5.74, 6) is 2.89. The van der Waals surface area contributed by atoms with Crippen LogP contribution in [0.1, 0.15) is 43.0 Å². The average Bonchev–Trinajstić information content (AvgIpc) is 2.62. The first-order chi connectivity index (χ1) is 12.9. The van der Waals surface area contributed by atoms with Gasteiger partial charge in [0.05, 0.1) is 18.9 Å². The van der Waals surface area contributed by atoms with Crippen LogP contribution in [0.2, 0.25) is 0 Å². The van der Waals surface area contributed by atoms with E-state index in [1.807, 2.05) is 32.0 Å². The van der Waals surface area contributed by atoms with E-state index in [4.69, 9.17) is 9.47 Å². The second-order valence-electron chi connectivity index (χ2n) is 7.57. The normalized spacial score (nSPS) is 17.6. The van der Waals surface area contributed by atoms with Gasteiger partial charge in [-0.3, -0.25) is 4.79 Å². The zero-order valence-electron chi connectivity index (χ0n) is 16.4. The molecule has 0 fully saturated rings. The fourth-order valence-corrected chi connectivity index (χ4v) is 4.07. The number of amides is 1. The molecule has 1 aliphatic rings. The Balaban J connectivity index is 1.62. The highest BCUT2D eigenvalue weighted by Gasteiger charge is 2.34. The number of carbonyl (C=O) groups is 1. The Labute approximate surface area is 165 Å². The fourth-order valence-electron chi connectivity index (χ4n) is 3.27. The van der Waals surface area contributed by atoms with Gasteiger partial charge in [-0.05, 0) is 44.5 Å². The third-order valence-electron chi connectivity index (χ3n) is 4.63. The van der Waals surface area contributed by atoms with Crippen molar-refractivity contribution in [1.29, 1.82) is 0 Å². The van der Waals surface area contributed by atoms with Crippen LogP contribution in [0.4, 0.5) is 0 Å². The predicted molar refractivity (Wildman–Crippen MR) is 111 cm³/mol. The third kappa shape index (κ3) is 5.19. The highest BCUT2D eigenvalue weighted by atomic mass is 32.2. The van der Waals surface area contributed by atoms with Crippen molar-refractivity contribution in [2.24, 2.45) is 0 Å². The van der Waals surface area contributed by atoms with E-state index >= 15 is 0 Å². The van der Waals surface area contributed by atoms with Crippen LogP contribution < -0.4 is 14.8 Å². The summed E-state index contributed by atoms with van der Waals surface area (Å²) in [6, 6.07) is 14.1. The van der Waals surface area contributed by atoms with E-state index in [0.717, 1.165) is 29.2 Å². The maximum absolute atomic E-state index is 12.5. The summed E-state index contributed by atoms with van der Waals surface area (Å²) >= 11 is 1.63. The molecular formula is C22H27NO3S. The van der Waals surface area contributed by atoms with Gasteiger partial charge in [0.15, 0.2) is 0 Å². The van der Waals surface area contributed by atoms with Crippen molar-refractivity contribution in [3.8, 4) is 11.5 Å². The lowest BCUT2D eigenvalue weighted by molar-refractivity contribution is -0.119. The van der Waals surface area contributed by atoms with Gasteiger partial charge >= 0.3 is 0 Å². The van der Waals surface area contributed by atoms with Crippen LogP contribution >= 0.6 is 11.8 Å². The lowest BCUT2D eigenvalue weighted by atomic mass is 9.89. The molecule has 0 saturated heterocycles. The molecule has 144 valence electrons. The van der Waals surface area contributed by atoms with E-state index in [-0.39, 0.29) is 17.6 Å². The molecule has 1 amide bonds. The Kier molecular flexibility index (Phi) is 6.00. The number of rotatable bonds is 6. The molecule has 0 aromatic heterocycles. The number of methoxy groups -OCH3 is 1. The van der Waals surface area contributed by atoms with E-state index in [1.165, 1.54) is 11.1 Å². The number of nitrogens with one attached hydrogen (secondary N) is 1. The summed E-state index contributed by atoms with van der Waals surface area (Å²) in [5.41, 5.74) is 3.14. The summed E-state index contributed by atoms with van der Waals surface area (Å²) in [7, 11) is 1.64. The van der Waals surface area contributed by atoms with Gasteiger partial charge in [-0.15, -0.1) is 11.8 Å². The molecule has 2 aromatic carbocycles. The number of fused-ring (bicyclic) bond motifs is 1. The summed E-state index contributed by atoms with van der Waals surface area (Å²) in [5, 5.41) is 3.18. The number of thioether (sulfide) groups is 1. The molecule has 2 aromatic rings. The van der Waals surface area contributed by atoms with Crippen molar-refractivity contribution in [3.63, 3.8) is 0 Å². The smallest absolute Gasteiger partial charge is 0.230 e. The van der Waals surface area contributed by atoms with Crippen LogP contribution in [0, 0.1) is 6.92 Å². The molecule has 4 nitrogen and oxygen atoms in total. The Morgan fingerprint density at radius 1 is 1.26 bits per heavy atom. The second kappa shape index (κ2) is 8.26. The van der Waals surface area contributed by atoms with Gasteiger partial charge < -0.3 is 14.8 Å². The minimum absolute atomic E-state index is 0.0450. The maximum atomic E-state index is 12.5. The quantitative estimate of drug-likeness (QED) is 0.786. The van der Waals surface area contributed by atoms with Crippen molar-refractivity contribution in [1.82, 2.24) is 5.32 Å². The molecule has 1 atom stereocenters. The van der Waals surface area contributed by atoms with Gasteiger partial charge in [0.1, 0.15) is 17.1 Å². The summed E-state index contributed by atoms with van der Waals surface area (Å²) in [6.45, 7) is 6.17. The van der Waals surface area contributed by atoms with Gasteiger partial charge in [0.2, 0.25) is 5.91 Å². The van der Waals surface area contributed by atoms with Crippen molar-refractivity contribution >= 4 is 17.7 Å². The Hall–Kier alpha value is -2.14. The minimum Gasteiger partial charge on any atom is -0.497 e. The standard InChI is InChI=1S/C22H27NO3S/c1-15-5-7-16(8-6-15)13-27-14-21(24)23-19-12-22(2,3)26-20-10-9-17(25-4)11-18(19)20/h5-11,19H,12-14H2,1-4H3,(H,23,24). The number of benzene rings is 2. The number of hydrogen-bond donors (Lipinski definition) is 1. The zero-order chi connectivity index (χ0) is 19.4. The number of carbonyl (C=O) groups excluding carboxylic acids is 1. The molecule has 0 radical (unpaired) electrons. The van der Waals surface area contributed by atoms with Gasteiger partial charge in [-0.1, -0.05) is 29.8 Å². The predicted octanol–water partition coefficient (Wildman–Crippen LogP) is 4.66. The van der Waals surface area contributed by atoms with Crippen LogP contribution in [-0.4, -0.2) is 24.4 Å². The van der Waals surface area contributed by atoms with Crippen molar-refractivity contribution < 1.29 is 14.3 Å². The SMILES string of the molecule is COc1ccc2c(c1)C(NC(=O)CSCc1ccc(C)cc1)CC(C)(C)O2. The fraction of sp³-hybridized carbons (Fsp3) is 0.409. The van der Waals surface area contributed by atoms with Crippen molar-refractivity contribution in [3.05, 3.63) is 59.2 Å². The Morgan fingerprint density at radius 2 is 2.00 bits per heavy atom. The molecule has 27 heavy (non-hydrogen) atoms. The number of ether oxygens (including phenoxy) is 2. The molecule has 1 heterocycles. The van der Waals surface area contributed by atoms with Crippen molar-refractivity contribution in [2.45, 2.75) is 44.6 Å². The van der Waals surface area contributed by atoms with E-state index in [0.29, 0.717) is 5.75 Å². The molecule has 1 aliphatic heterocycles. The number of aryl methyl sites for hydroxylation is 1. The monoisotopic (exact) mass is 385 g/mol. The molecule has 0 spiro atoms. The second-order valence-corrected chi connectivity index (χ2v) is 8.55. The molecule has 0 aliphatic carbocycles. The molecule has 0 bridgehead atoms. The van der Waals surface area contributed by atoms with Gasteiger partial charge in [-0.2, -0.15) is 0 Å². The first-order valence-corrected chi connectivity index (χ1v) is 10.3. The summed E-state index contributed by atoms with van der Waals surface area (Å²) in [6.07, 6.45) is 0.724. The minimum atomic E-state index is -0.325. The molecular weight excluding hydrogens is 358 g/mol. The topological polar surface area (TPSA) is 47.6 Å². The lowest BCUT2D eigenvalue weighted by Gasteiger charge is -2.38. The zero-order valence-corrected chi connectivity index (χ0v) is 17.2. The summed E-state index contributed by atoms with van der Waals surface area (Å²) < 4.78 is 11.4. The summed E-state index contributed by atoms with van der Waals surface area (Å²) in [4.78, 5) is 12.5. The van der Waals surface area contributed by atoms with Crippen LogP contribution in [0.3, 0.4) is 0 Å². The largest absolute Gasteiger partial charge is 0.497 e. The van der Waals surface area contributed by atoms with E-state index in [9.17, 15) is 4.79 Å². The van der Waals surface area contributed by atoms with Gasteiger partial charge in [0.25, 0.3) is 0 Å². The molecule has 5 heteroatoms. The van der Waals surface area contributed by atoms with Gasteiger partial charge in [0, 0.05) is 17.7 Å². The Morgan fingerprint density at radius 3 is 2.70 bits per heavy atom. The average molecular weight is 386 g/mol. The van der Waals surface area contributed by atoms with E-state index in [2.05, 4.69) is 36.5 Å². The Bertz CT molecular complexity index is 802. The first-order valence-electron chi connectivity index (χ1n) is 9.16. The van der Waals surface area contributed by atoms with E-state index in [1.54, 1.807) is 18.9 Å². The van der Waals surface area contributed by atoms with Gasteiger partial charge in [-0.25, -0.2) is 0 Å². The highest BCUT2D eigenvalue weighted by molar-refractivity contribution is 7.99. The van der Waals surface area contributed by atoms with E-state index < -0.39 is 0 Å². The lowest BCUT2D eigenvalue weighted by Crippen LogP contribution is -2.41. The molecule has 1 N–H and O–H groups in total. The molecule has 0 saturated carbocycles. The molecule has 1 unspecified atom stereocenters. The van der Waals surface area contributed by atoms with Crippen LogP contribution in [0.15, 0.2) is 42.5 Å². The first kappa shape index (κ1) is 19.6. The van der Waals surface area contributed by atoms with Crippen LogP contribution in [0.25, 0.3) is 0 Å². The maximum Gasteiger partial charge on any atom is 0.230 e. The highest BCUT2D eigenvalue weighted by Crippen LogP contribution is 2.41. The third-order valence-corrected chi connectivity index (χ3v) is 5.64. The number of hydrogen-bond acceptors (Lipinski definition) is 4. The van der Waals surface area contributed by atoms with Crippen molar-refractivity contribution in [2.75, 3.05) is 12.9 Å². The van der Waals surface area contributed by atoms with Crippen LogP contribution in [-0.2, 0) is 10.5 Å².